The quantitative estimate of drug-likeness (QED) is 0.217. The molecule has 1 atom stereocenters. The van der Waals surface area contributed by atoms with Gasteiger partial charge in [-0.05, 0) is 44.6 Å². The van der Waals surface area contributed by atoms with Crippen LogP contribution in [0.3, 0.4) is 0 Å². The molecule has 1 aliphatic heterocycles. The van der Waals surface area contributed by atoms with Crippen LogP contribution in [0.2, 0.25) is 25.2 Å². The Hall–Kier alpha value is 0.114. The molecule has 1 heterocycles. The third-order valence-corrected chi connectivity index (χ3v) is 10.6. The molecule has 0 aliphatic carbocycles. The molecule has 0 aromatic rings. The predicted molar refractivity (Wildman–Crippen MR) is 113 cm³/mol. The van der Waals surface area contributed by atoms with Gasteiger partial charge in [0.15, 0.2) is 0 Å². The number of ether oxygens (including phenoxy) is 2. The van der Waals surface area contributed by atoms with Crippen LogP contribution >= 0.6 is 0 Å². The first kappa shape index (κ1) is 27.1. The second-order valence-electron chi connectivity index (χ2n) is 6.86. The monoisotopic (exact) mass is 426 g/mol. The molecule has 0 saturated carbocycles. The lowest BCUT2D eigenvalue weighted by molar-refractivity contribution is 0.114. The van der Waals surface area contributed by atoms with Crippen molar-refractivity contribution in [1.82, 2.24) is 5.32 Å². The average molecular weight is 427 g/mol. The van der Waals surface area contributed by atoms with Gasteiger partial charge in [0.1, 0.15) is 6.10 Å². The Morgan fingerprint density at radius 3 is 1.89 bits per heavy atom. The van der Waals surface area contributed by atoms with E-state index in [1.165, 1.54) is 0 Å². The highest BCUT2D eigenvalue weighted by Crippen LogP contribution is 2.14. The van der Waals surface area contributed by atoms with Crippen LogP contribution < -0.4 is 11.1 Å². The molecule has 1 rings (SSSR count). The fraction of sp³-hybridized carbons (Fsp3) is 1.00. The lowest BCUT2D eigenvalue weighted by atomic mass is 10.5. The van der Waals surface area contributed by atoms with Gasteiger partial charge in [-0.2, -0.15) is 0 Å². The van der Waals surface area contributed by atoms with Crippen molar-refractivity contribution < 1.29 is 27.2 Å². The minimum atomic E-state index is -1.87. The molecule has 1 fully saturated rings. The first-order valence-electron chi connectivity index (χ1n) is 9.69. The molecule has 1 unspecified atom stereocenters. The van der Waals surface area contributed by atoms with Gasteiger partial charge in [0.25, 0.3) is 0 Å². The van der Waals surface area contributed by atoms with Gasteiger partial charge < -0.3 is 38.2 Å². The minimum absolute atomic E-state index is 0.364. The Labute approximate surface area is 167 Å². The van der Waals surface area contributed by atoms with Crippen molar-refractivity contribution in [3.05, 3.63) is 0 Å². The second kappa shape index (κ2) is 16.0. The molecule has 164 valence electrons. The summed E-state index contributed by atoms with van der Waals surface area (Å²) in [5.74, 6) is 0. The number of hydrogen-bond acceptors (Lipinski definition) is 8. The first-order valence-corrected chi connectivity index (χ1v) is 14.7. The fourth-order valence-electron chi connectivity index (χ4n) is 2.21. The molecule has 1 saturated heterocycles. The van der Waals surface area contributed by atoms with Crippen molar-refractivity contribution in [2.75, 3.05) is 67.9 Å². The minimum Gasteiger partial charge on any atom is -0.398 e. The number of nitrogens with two attached hydrogens (primary N) is 1. The largest absolute Gasteiger partial charge is 0.398 e. The van der Waals surface area contributed by atoms with Crippen LogP contribution in [-0.2, 0) is 27.2 Å². The molecule has 0 amide bonds. The Bertz CT molecular complexity index is 343. The van der Waals surface area contributed by atoms with Crippen molar-refractivity contribution in [3.63, 3.8) is 0 Å². The van der Waals surface area contributed by atoms with Crippen LogP contribution in [0.4, 0.5) is 0 Å². The van der Waals surface area contributed by atoms with Gasteiger partial charge in [-0.3, -0.25) is 0 Å². The maximum absolute atomic E-state index is 5.43. The highest BCUT2D eigenvalue weighted by atomic mass is 28.4. The second-order valence-corrected chi connectivity index (χ2v) is 14.0. The van der Waals surface area contributed by atoms with E-state index in [-0.39, 0.29) is 0 Å². The van der Waals surface area contributed by atoms with Crippen LogP contribution in [0.5, 0.6) is 0 Å². The van der Waals surface area contributed by atoms with E-state index in [2.05, 4.69) is 18.4 Å². The van der Waals surface area contributed by atoms with E-state index in [1.807, 2.05) is 0 Å². The lowest BCUT2D eigenvalue weighted by Crippen LogP contribution is -2.37. The zero-order chi connectivity index (χ0) is 20.6. The molecule has 0 radical (unpaired) electrons. The van der Waals surface area contributed by atoms with Gasteiger partial charge in [0.05, 0.1) is 13.2 Å². The first-order chi connectivity index (χ1) is 12.9. The van der Waals surface area contributed by atoms with Crippen LogP contribution in [0.1, 0.15) is 12.8 Å². The van der Waals surface area contributed by atoms with E-state index in [9.17, 15) is 0 Å². The van der Waals surface area contributed by atoms with Gasteiger partial charge in [-0.25, -0.2) is 0 Å². The Morgan fingerprint density at radius 2 is 1.44 bits per heavy atom. The van der Waals surface area contributed by atoms with E-state index in [1.54, 1.807) is 28.4 Å². The highest BCUT2D eigenvalue weighted by molar-refractivity contribution is 6.66. The number of rotatable bonds is 16. The standard InChI is InChI=1S/C9H20O4Si.C8H22N2O2Si/c1-10-14(3,11-2)6-4-5-12-7-9-8-13-9;1-11-13(3,12-2)8-4-6-10-7-5-9/h9H,4-8H2,1-3H3;10H,4-9H2,1-3H3. The molecule has 8 nitrogen and oxygen atoms in total. The van der Waals surface area contributed by atoms with Crippen molar-refractivity contribution in [2.45, 2.75) is 44.1 Å². The van der Waals surface area contributed by atoms with E-state index >= 15 is 0 Å². The van der Waals surface area contributed by atoms with Crippen molar-refractivity contribution >= 4 is 17.1 Å². The summed E-state index contributed by atoms with van der Waals surface area (Å²) in [6, 6.07) is 2.00. The number of hydrogen-bond donors (Lipinski definition) is 2. The van der Waals surface area contributed by atoms with Gasteiger partial charge in [0, 0.05) is 48.1 Å². The Morgan fingerprint density at radius 1 is 0.926 bits per heavy atom. The van der Waals surface area contributed by atoms with E-state index in [4.69, 9.17) is 32.9 Å². The average Bonchev–Trinajstić information content (AvgIpc) is 3.52. The molecule has 10 heteroatoms. The molecule has 0 spiro atoms. The molecule has 27 heavy (non-hydrogen) atoms. The molecular weight excluding hydrogens is 384 g/mol. The van der Waals surface area contributed by atoms with Gasteiger partial charge in [-0.1, -0.05) is 0 Å². The summed E-state index contributed by atoms with van der Waals surface area (Å²) in [6.45, 7) is 9.09. The molecule has 3 N–H and O–H groups in total. The molecule has 0 aromatic carbocycles. The molecule has 0 aromatic heterocycles. The van der Waals surface area contributed by atoms with E-state index < -0.39 is 17.1 Å². The van der Waals surface area contributed by atoms with Crippen LogP contribution in [-0.4, -0.2) is 91.1 Å². The van der Waals surface area contributed by atoms with Crippen molar-refractivity contribution in [1.29, 1.82) is 0 Å². The topological polar surface area (TPSA) is 96.7 Å². The van der Waals surface area contributed by atoms with Gasteiger partial charge in [0.2, 0.25) is 0 Å². The SMILES string of the molecule is CO[Si](C)(CCCNCCN)OC.CO[Si](C)(CCCOCC1CO1)OC. The third-order valence-electron chi connectivity index (χ3n) is 4.66. The Kier molecular flexibility index (Phi) is 16.0. The summed E-state index contributed by atoms with van der Waals surface area (Å²) in [7, 11) is 3.19. The highest BCUT2D eigenvalue weighted by Gasteiger charge is 2.28. The zero-order valence-corrected chi connectivity index (χ0v) is 20.2. The Balaban J connectivity index is 0.000000503. The maximum atomic E-state index is 5.43. The zero-order valence-electron chi connectivity index (χ0n) is 18.2. The van der Waals surface area contributed by atoms with Crippen LogP contribution in [0.15, 0.2) is 0 Å². The molecule has 0 bridgehead atoms. The van der Waals surface area contributed by atoms with Crippen LogP contribution in [0.25, 0.3) is 0 Å². The molecular formula is C17H42N2O6Si2. The fourth-order valence-corrected chi connectivity index (χ4v) is 4.97. The number of nitrogens with one attached hydrogen (secondary N) is 1. The lowest BCUT2D eigenvalue weighted by Gasteiger charge is -2.22. The predicted octanol–water partition coefficient (Wildman–Crippen LogP) is 1.45. The summed E-state index contributed by atoms with van der Waals surface area (Å²) >= 11 is 0. The summed E-state index contributed by atoms with van der Waals surface area (Å²) in [6.07, 6.45) is 2.45. The third kappa shape index (κ3) is 14.7. The van der Waals surface area contributed by atoms with E-state index in [0.717, 1.165) is 57.8 Å². The summed E-state index contributed by atoms with van der Waals surface area (Å²) < 4.78 is 31.9. The normalized spacial score (nSPS) is 16.8. The van der Waals surface area contributed by atoms with Crippen LogP contribution in [0, 0.1) is 0 Å². The summed E-state index contributed by atoms with van der Waals surface area (Å²) in [4.78, 5) is 0. The smallest absolute Gasteiger partial charge is 0.334 e. The maximum Gasteiger partial charge on any atom is 0.334 e. The summed E-state index contributed by atoms with van der Waals surface area (Å²) in [5.41, 5.74) is 5.35. The number of epoxide rings is 1. The van der Waals surface area contributed by atoms with Gasteiger partial charge in [-0.15, -0.1) is 0 Å². The van der Waals surface area contributed by atoms with E-state index in [0.29, 0.717) is 12.6 Å². The van der Waals surface area contributed by atoms with Crippen molar-refractivity contribution in [2.24, 2.45) is 5.73 Å². The molecule has 1 aliphatic rings. The van der Waals surface area contributed by atoms with Gasteiger partial charge >= 0.3 is 17.1 Å². The van der Waals surface area contributed by atoms with Crippen molar-refractivity contribution in [3.8, 4) is 0 Å². The summed E-state index contributed by atoms with van der Waals surface area (Å²) in [5, 5.41) is 3.24.